The third kappa shape index (κ3) is 4.31. The van der Waals surface area contributed by atoms with E-state index < -0.39 is 18.9 Å². The van der Waals surface area contributed by atoms with E-state index in [2.05, 4.69) is 5.32 Å². The first-order chi connectivity index (χ1) is 7.02. The second-order valence-corrected chi connectivity index (χ2v) is 3.30. The molecule has 1 aliphatic rings. The molecule has 3 nitrogen and oxygen atoms in total. The van der Waals surface area contributed by atoms with E-state index in [0.29, 0.717) is 13.0 Å². The van der Waals surface area contributed by atoms with Crippen LogP contribution in [0.4, 0.5) is 17.6 Å². The third-order valence-corrected chi connectivity index (χ3v) is 2.02. The highest BCUT2D eigenvalue weighted by atomic mass is 19.3. The molecule has 0 aromatic heterocycles. The van der Waals surface area contributed by atoms with Crippen molar-refractivity contribution in [3.05, 3.63) is 0 Å². The van der Waals surface area contributed by atoms with Gasteiger partial charge >= 0.3 is 12.3 Å². The van der Waals surface area contributed by atoms with E-state index in [4.69, 9.17) is 9.47 Å². The second-order valence-electron chi connectivity index (χ2n) is 3.30. The van der Waals surface area contributed by atoms with Crippen molar-refractivity contribution in [2.24, 2.45) is 0 Å². The van der Waals surface area contributed by atoms with Gasteiger partial charge in [-0.05, 0) is 6.42 Å². The van der Waals surface area contributed by atoms with Crippen LogP contribution in [0.25, 0.3) is 0 Å². The molecule has 1 N–H and O–H groups in total. The highest BCUT2D eigenvalue weighted by Gasteiger charge is 2.40. The minimum absolute atomic E-state index is 0.123. The first-order valence-electron chi connectivity index (χ1n) is 4.58. The molecular formula is C8H13F4NO2. The zero-order valence-corrected chi connectivity index (χ0v) is 8.02. The van der Waals surface area contributed by atoms with Crippen LogP contribution in [0.3, 0.4) is 0 Å². The SMILES string of the molecule is FC(F)C(F)(F)CNCC1CCOCO1. The lowest BCUT2D eigenvalue weighted by Crippen LogP contribution is -2.43. The van der Waals surface area contributed by atoms with E-state index in [9.17, 15) is 17.6 Å². The summed E-state index contributed by atoms with van der Waals surface area (Å²) in [6.45, 7) is -0.285. The standard InChI is InChI=1S/C8H13F4NO2/c9-7(10)8(11,12)4-13-3-6-1-2-14-5-15-6/h6-7,13H,1-5H2. The Labute approximate surface area is 84.7 Å². The van der Waals surface area contributed by atoms with Gasteiger partial charge in [0.25, 0.3) is 0 Å². The van der Waals surface area contributed by atoms with Crippen molar-refractivity contribution in [1.29, 1.82) is 0 Å². The number of hydrogen-bond acceptors (Lipinski definition) is 3. The molecule has 0 amide bonds. The molecule has 0 aromatic rings. The molecule has 15 heavy (non-hydrogen) atoms. The van der Waals surface area contributed by atoms with Gasteiger partial charge in [0.1, 0.15) is 6.79 Å². The molecule has 0 radical (unpaired) electrons. The maximum atomic E-state index is 12.4. The summed E-state index contributed by atoms with van der Waals surface area (Å²) < 4.78 is 58.2. The van der Waals surface area contributed by atoms with Crippen molar-refractivity contribution < 1.29 is 27.0 Å². The number of alkyl halides is 4. The second kappa shape index (κ2) is 5.62. The van der Waals surface area contributed by atoms with Gasteiger partial charge < -0.3 is 14.8 Å². The molecule has 0 aliphatic carbocycles. The molecule has 0 bridgehead atoms. The monoisotopic (exact) mass is 231 g/mol. The van der Waals surface area contributed by atoms with Crippen molar-refractivity contribution in [2.75, 3.05) is 26.5 Å². The summed E-state index contributed by atoms with van der Waals surface area (Å²) in [5.41, 5.74) is 0. The predicted octanol–water partition coefficient (Wildman–Crippen LogP) is 1.24. The zero-order valence-electron chi connectivity index (χ0n) is 8.02. The van der Waals surface area contributed by atoms with Crippen LogP contribution in [0, 0.1) is 0 Å². The van der Waals surface area contributed by atoms with Crippen LogP contribution in [0.2, 0.25) is 0 Å². The molecule has 1 fully saturated rings. The molecule has 1 saturated heterocycles. The van der Waals surface area contributed by atoms with Gasteiger partial charge in [0.15, 0.2) is 0 Å². The van der Waals surface area contributed by atoms with E-state index in [1.807, 2.05) is 0 Å². The maximum absolute atomic E-state index is 12.4. The van der Waals surface area contributed by atoms with Gasteiger partial charge in [0, 0.05) is 6.54 Å². The normalized spacial score (nSPS) is 23.4. The lowest BCUT2D eigenvalue weighted by atomic mass is 10.2. The summed E-state index contributed by atoms with van der Waals surface area (Å²) in [6, 6.07) is 0. The van der Waals surface area contributed by atoms with E-state index in [1.54, 1.807) is 0 Å². The van der Waals surface area contributed by atoms with Gasteiger partial charge in [-0.2, -0.15) is 8.78 Å². The van der Waals surface area contributed by atoms with Crippen molar-refractivity contribution in [3.63, 3.8) is 0 Å². The quantitative estimate of drug-likeness (QED) is 0.722. The molecule has 1 aliphatic heterocycles. The average Bonchev–Trinajstić information content (AvgIpc) is 2.19. The Balaban J connectivity index is 2.14. The van der Waals surface area contributed by atoms with Crippen LogP contribution in [-0.2, 0) is 9.47 Å². The lowest BCUT2D eigenvalue weighted by Gasteiger charge is -2.24. The van der Waals surface area contributed by atoms with Crippen molar-refractivity contribution in [1.82, 2.24) is 5.32 Å². The Kier molecular flexibility index (Phi) is 4.75. The molecule has 1 unspecified atom stereocenters. The van der Waals surface area contributed by atoms with Crippen molar-refractivity contribution in [2.45, 2.75) is 24.9 Å². The summed E-state index contributed by atoms with van der Waals surface area (Å²) in [5, 5.41) is 2.27. The van der Waals surface area contributed by atoms with Gasteiger partial charge in [-0.25, -0.2) is 8.78 Å². The first kappa shape index (κ1) is 12.7. The van der Waals surface area contributed by atoms with Gasteiger partial charge in [-0.3, -0.25) is 0 Å². The Bertz CT molecular complexity index is 185. The Morgan fingerprint density at radius 3 is 2.67 bits per heavy atom. The summed E-state index contributed by atoms with van der Waals surface area (Å²) in [4.78, 5) is 0. The fourth-order valence-electron chi connectivity index (χ4n) is 1.14. The van der Waals surface area contributed by atoms with Crippen LogP contribution < -0.4 is 5.32 Å². The Morgan fingerprint density at radius 2 is 2.13 bits per heavy atom. The van der Waals surface area contributed by atoms with Gasteiger partial charge in [0.2, 0.25) is 0 Å². The van der Waals surface area contributed by atoms with Crippen LogP contribution in [-0.4, -0.2) is 44.9 Å². The lowest BCUT2D eigenvalue weighted by molar-refractivity contribution is -0.144. The molecule has 0 saturated carbocycles. The number of nitrogens with one attached hydrogen (secondary N) is 1. The van der Waals surface area contributed by atoms with E-state index in [0.717, 1.165) is 0 Å². The highest BCUT2D eigenvalue weighted by molar-refractivity contribution is 4.74. The van der Waals surface area contributed by atoms with Gasteiger partial charge in [-0.15, -0.1) is 0 Å². The molecule has 90 valence electrons. The van der Waals surface area contributed by atoms with Crippen LogP contribution in [0.15, 0.2) is 0 Å². The molecule has 0 spiro atoms. The number of rotatable bonds is 5. The van der Waals surface area contributed by atoms with Gasteiger partial charge in [0.05, 0.1) is 19.3 Å². The summed E-state index contributed by atoms with van der Waals surface area (Å²) >= 11 is 0. The van der Waals surface area contributed by atoms with E-state index in [1.165, 1.54) is 0 Å². The largest absolute Gasteiger partial charge is 0.355 e. The smallest absolute Gasteiger partial charge is 0.319 e. The highest BCUT2D eigenvalue weighted by Crippen LogP contribution is 2.21. The average molecular weight is 231 g/mol. The third-order valence-electron chi connectivity index (χ3n) is 2.02. The maximum Gasteiger partial charge on any atom is 0.319 e. The minimum Gasteiger partial charge on any atom is -0.355 e. The van der Waals surface area contributed by atoms with Crippen LogP contribution >= 0.6 is 0 Å². The fourth-order valence-corrected chi connectivity index (χ4v) is 1.14. The predicted molar refractivity (Wildman–Crippen MR) is 44.1 cm³/mol. The Hall–Kier alpha value is -0.400. The van der Waals surface area contributed by atoms with Crippen molar-refractivity contribution in [3.8, 4) is 0 Å². The number of ether oxygens (including phenoxy) is 2. The first-order valence-corrected chi connectivity index (χ1v) is 4.58. The minimum atomic E-state index is -3.98. The molecular weight excluding hydrogens is 218 g/mol. The fraction of sp³-hybridized carbons (Fsp3) is 1.00. The van der Waals surface area contributed by atoms with Crippen LogP contribution in [0.5, 0.6) is 0 Å². The molecule has 1 heterocycles. The molecule has 0 aromatic carbocycles. The number of halogens is 4. The molecule has 1 atom stereocenters. The summed E-state index contributed by atoms with van der Waals surface area (Å²) in [7, 11) is 0. The zero-order chi connectivity index (χ0) is 11.3. The van der Waals surface area contributed by atoms with Crippen LogP contribution in [0.1, 0.15) is 6.42 Å². The number of hydrogen-bond donors (Lipinski definition) is 1. The van der Waals surface area contributed by atoms with E-state index in [-0.39, 0.29) is 19.4 Å². The summed E-state index contributed by atoms with van der Waals surface area (Å²) in [5.74, 6) is -3.98. The van der Waals surface area contributed by atoms with Crippen molar-refractivity contribution >= 4 is 0 Å². The van der Waals surface area contributed by atoms with Gasteiger partial charge in [-0.1, -0.05) is 0 Å². The Morgan fingerprint density at radius 1 is 1.40 bits per heavy atom. The molecule has 1 rings (SSSR count). The topological polar surface area (TPSA) is 30.5 Å². The molecule has 7 heteroatoms. The van der Waals surface area contributed by atoms with E-state index >= 15 is 0 Å². The summed E-state index contributed by atoms with van der Waals surface area (Å²) in [6.07, 6.45) is -3.31.